The molecule has 1 aliphatic rings. The van der Waals surface area contributed by atoms with Crippen LogP contribution in [0.1, 0.15) is 47.5 Å². The first-order valence-corrected chi connectivity index (χ1v) is 7.56. The van der Waals surface area contributed by atoms with Gasteiger partial charge in [0.25, 0.3) is 0 Å². The van der Waals surface area contributed by atoms with E-state index in [1.165, 1.54) is 6.42 Å². The molecule has 0 spiro atoms. The van der Waals surface area contributed by atoms with Crippen molar-refractivity contribution in [3.63, 3.8) is 0 Å². The Kier molecular flexibility index (Phi) is 4.58. The molecule has 1 saturated carbocycles. The van der Waals surface area contributed by atoms with Crippen LogP contribution in [0, 0.1) is 11.8 Å². The standard InChI is InChI=1S/C13H27NOS/c1-9-7-10(2)12(11(8-9)14-6)16(15)13(3,4)5/h9-12,14H,7-8H2,1-6H3. The molecule has 5 unspecified atom stereocenters. The Morgan fingerprint density at radius 3 is 2.19 bits per heavy atom. The van der Waals surface area contributed by atoms with Gasteiger partial charge in [0.2, 0.25) is 0 Å². The minimum absolute atomic E-state index is 0.103. The Labute approximate surface area is 103 Å². The third kappa shape index (κ3) is 3.07. The highest BCUT2D eigenvalue weighted by Crippen LogP contribution is 2.35. The second-order valence-electron chi connectivity index (χ2n) is 6.32. The molecule has 1 rings (SSSR count). The number of hydrogen-bond donors (Lipinski definition) is 1. The first-order valence-electron chi connectivity index (χ1n) is 6.35. The van der Waals surface area contributed by atoms with Crippen LogP contribution in [0.3, 0.4) is 0 Å². The highest BCUT2D eigenvalue weighted by molar-refractivity contribution is 7.87. The zero-order chi connectivity index (χ0) is 12.5. The molecule has 96 valence electrons. The van der Waals surface area contributed by atoms with Gasteiger partial charge in [0.15, 0.2) is 0 Å². The molecule has 2 nitrogen and oxygen atoms in total. The van der Waals surface area contributed by atoms with Crippen molar-refractivity contribution in [1.29, 1.82) is 0 Å². The molecule has 0 aromatic carbocycles. The van der Waals surface area contributed by atoms with Crippen LogP contribution in [0.25, 0.3) is 0 Å². The summed E-state index contributed by atoms with van der Waals surface area (Å²) in [6, 6.07) is 0.416. The van der Waals surface area contributed by atoms with Crippen molar-refractivity contribution >= 4 is 10.8 Å². The lowest BCUT2D eigenvalue weighted by Crippen LogP contribution is -2.52. The van der Waals surface area contributed by atoms with Gasteiger partial charge in [-0.05, 0) is 52.5 Å². The Bertz CT molecular complexity index is 259. The van der Waals surface area contributed by atoms with E-state index in [2.05, 4.69) is 39.9 Å². The van der Waals surface area contributed by atoms with E-state index in [0.717, 1.165) is 12.3 Å². The van der Waals surface area contributed by atoms with E-state index in [9.17, 15) is 4.21 Å². The second-order valence-corrected chi connectivity index (χ2v) is 8.69. The summed E-state index contributed by atoms with van der Waals surface area (Å²) in [7, 11) is 1.24. The maximum absolute atomic E-state index is 12.6. The van der Waals surface area contributed by atoms with Crippen LogP contribution in [-0.4, -0.2) is 27.3 Å². The van der Waals surface area contributed by atoms with Gasteiger partial charge in [-0.15, -0.1) is 0 Å². The normalized spacial score (nSPS) is 38.4. The second kappa shape index (κ2) is 5.18. The minimum Gasteiger partial charge on any atom is -0.316 e. The molecule has 3 heteroatoms. The van der Waals surface area contributed by atoms with Crippen LogP contribution >= 0.6 is 0 Å². The van der Waals surface area contributed by atoms with Gasteiger partial charge in [-0.1, -0.05) is 13.8 Å². The highest BCUT2D eigenvalue weighted by atomic mass is 32.2. The smallest absolute Gasteiger partial charge is 0.0532 e. The predicted molar refractivity (Wildman–Crippen MR) is 72.1 cm³/mol. The maximum atomic E-state index is 12.6. The van der Waals surface area contributed by atoms with Gasteiger partial charge in [-0.3, -0.25) is 4.21 Å². The van der Waals surface area contributed by atoms with Crippen LogP contribution in [-0.2, 0) is 10.8 Å². The highest BCUT2D eigenvalue weighted by Gasteiger charge is 2.40. The van der Waals surface area contributed by atoms with E-state index < -0.39 is 10.8 Å². The van der Waals surface area contributed by atoms with Gasteiger partial charge < -0.3 is 5.32 Å². The summed E-state index contributed by atoms with van der Waals surface area (Å²) in [6.07, 6.45) is 2.37. The van der Waals surface area contributed by atoms with E-state index in [1.807, 2.05) is 7.05 Å². The quantitative estimate of drug-likeness (QED) is 0.810. The van der Waals surface area contributed by atoms with Crippen molar-refractivity contribution in [2.75, 3.05) is 7.05 Å². The Morgan fingerprint density at radius 1 is 1.19 bits per heavy atom. The van der Waals surface area contributed by atoms with Crippen LogP contribution in [0.4, 0.5) is 0 Å². The average molecular weight is 245 g/mol. The summed E-state index contributed by atoms with van der Waals surface area (Å²) in [5.74, 6) is 1.31. The van der Waals surface area contributed by atoms with E-state index >= 15 is 0 Å². The molecule has 0 bridgehead atoms. The summed E-state index contributed by atoms with van der Waals surface area (Å²) in [4.78, 5) is 0. The van der Waals surface area contributed by atoms with E-state index in [0.29, 0.717) is 17.2 Å². The van der Waals surface area contributed by atoms with Gasteiger partial charge in [0, 0.05) is 21.6 Å². The zero-order valence-electron chi connectivity index (χ0n) is 11.5. The predicted octanol–water partition coefficient (Wildman–Crippen LogP) is 2.56. The maximum Gasteiger partial charge on any atom is 0.0532 e. The topological polar surface area (TPSA) is 29.1 Å². The third-order valence-electron chi connectivity index (χ3n) is 3.61. The van der Waals surface area contributed by atoms with Crippen LogP contribution in [0.15, 0.2) is 0 Å². The SMILES string of the molecule is CNC1CC(C)CC(C)C1S(=O)C(C)(C)C. The van der Waals surface area contributed by atoms with Crippen molar-refractivity contribution in [1.82, 2.24) is 5.32 Å². The van der Waals surface area contributed by atoms with Crippen molar-refractivity contribution in [2.45, 2.75) is 63.5 Å². The minimum atomic E-state index is -0.761. The zero-order valence-corrected chi connectivity index (χ0v) is 12.4. The molecule has 0 aromatic rings. The van der Waals surface area contributed by atoms with Gasteiger partial charge in [-0.2, -0.15) is 0 Å². The lowest BCUT2D eigenvalue weighted by molar-refractivity contribution is 0.252. The summed E-state index contributed by atoms with van der Waals surface area (Å²) < 4.78 is 12.5. The Balaban J connectivity index is 2.87. The van der Waals surface area contributed by atoms with Gasteiger partial charge in [0.05, 0.1) is 5.25 Å². The van der Waals surface area contributed by atoms with Crippen LogP contribution < -0.4 is 5.32 Å². The van der Waals surface area contributed by atoms with E-state index in [-0.39, 0.29) is 4.75 Å². The van der Waals surface area contributed by atoms with Crippen molar-refractivity contribution in [2.24, 2.45) is 11.8 Å². The molecule has 0 radical (unpaired) electrons. The summed E-state index contributed by atoms with van der Waals surface area (Å²) >= 11 is 0. The lowest BCUT2D eigenvalue weighted by atomic mass is 9.80. The van der Waals surface area contributed by atoms with Crippen LogP contribution in [0.5, 0.6) is 0 Å². The Hall–Kier alpha value is 0.110. The largest absolute Gasteiger partial charge is 0.316 e. The fourth-order valence-electron chi connectivity index (χ4n) is 2.88. The molecule has 0 amide bonds. The molecule has 1 aliphatic carbocycles. The van der Waals surface area contributed by atoms with Gasteiger partial charge >= 0.3 is 0 Å². The fourth-order valence-corrected chi connectivity index (χ4v) is 4.77. The molecule has 0 aromatic heterocycles. The Morgan fingerprint density at radius 2 is 1.75 bits per heavy atom. The first-order chi connectivity index (χ1) is 7.27. The van der Waals surface area contributed by atoms with Gasteiger partial charge in [0.1, 0.15) is 0 Å². The molecule has 1 fully saturated rings. The number of nitrogens with one attached hydrogen (secondary N) is 1. The van der Waals surface area contributed by atoms with Crippen molar-refractivity contribution in [3.05, 3.63) is 0 Å². The van der Waals surface area contributed by atoms with E-state index in [1.54, 1.807) is 0 Å². The van der Waals surface area contributed by atoms with Crippen LogP contribution in [0.2, 0.25) is 0 Å². The third-order valence-corrected chi connectivity index (χ3v) is 6.10. The summed E-state index contributed by atoms with van der Waals surface area (Å²) in [6.45, 7) is 10.8. The average Bonchev–Trinajstić information content (AvgIpc) is 2.14. The number of hydrogen-bond acceptors (Lipinski definition) is 2. The lowest BCUT2D eigenvalue weighted by Gasteiger charge is -2.41. The molecule has 0 saturated heterocycles. The molecular weight excluding hydrogens is 218 g/mol. The molecule has 16 heavy (non-hydrogen) atoms. The fraction of sp³-hybridized carbons (Fsp3) is 1.00. The van der Waals surface area contributed by atoms with E-state index in [4.69, 9.17) is 0 Å². The number of rotatable bonds is 2. The summed E-state index contributed by atoms with van der Waals surface area (Å²) in [5.41, 5.74) is 0. The van der Waals surface area contributed by atoms with Crippen molar-refractivity contribution < 1.29 is 4.21 Å². The molecule has 1 N–H and O–H groups in total. The molecule has 0 heterocycles. The molecule has 0 aliphatic heterocycles. The monoisotopic (exact) mass is 245 g/mol. The summed E-state index contributed by atoms with van der Waals surface area (Å²) in [5, 5.41) is 3.68. The molecule has 5 atom stereocenters. The first kappa shape index (κ1) is 14.2. The van der Waals surface area contributed by atoms with Crippen molar-refractivity contribution in [3.8, 4) is 0 Å². The molecular formula is C13H27NOS. The van der Waals surface area contributed by atoms with Gasteiger partial charge in [-0.25, -0.2) is 0 Å².